The number of rotatable bonds is 2. The fourth-order valence-electron chi connectivity index (χ4n) is 3.66. The maximum absolute atomic E-state index is 12.8. The fraction of sp³-hybridized carbons (Fsp3) is 0.227. The monoisotopic (exact) mass is 330 g/mol. The van der Waals surface area contributed by atoms with Crippen molar-refractivity contribution in [1.29, 1.82) is 0 Å². The molecule has 1 amide bonds. The van der Waals surface area contributed by atoms with Gasteiger partial charge in [0.25, 0.3) is 5.91 Å². The molecule has 126 valence electrons. The number of hydrogen-bond acceptors (Lipinski definition) is 1. The van der Waals surface area contributed by atoms with Crippen molar-refractivity contribution < 1.29 is 4.79 Å². The first-order valence-electron chi connectivity index (χ1n) is 8.75. The third-order valence-corrected chi connectivity index (χ3v) is 5.04. The van der Waals surface area contributed by atoms with E-state index in [9.17, 15) is 4.79 Å². The van der Waals surface area contributed by atoms with E-state index in [1.807, 2.05) is 30.0 Å². The summed E-state index contributed by atoms with van der Waals surface area (Å²) in [5.41, 5.74) is 6.80. The normalized spacial score (nSPS) is 14.6. The van der Waals surface area contributed by atoms with E-state index >= 15 is 0 Å². The van der Waals surface area contributed by atoms with Gasteiger partial charge in [-0.3, -0.25) is 4.79 Å². The SMILES string of the molecule is Cc1ccc(C(=O)N2CC=C(c3c[nH]c4ccccc34)CC2)c(C)c1. The molecule has 2 aromatic carbocycles. The zero-order valence-electron chi connectivity index (χ0n) is 14.7. The molecule has 25 heavy (non-hydrogen) atoms. The van der Waals surface area contributed by atoms with Crippen molar-refractivity contribution in [3.63, 3.8) is 0 Å². The number of H-pyrrole nitrogens is 1. The standard InChI is InChI=1S/C22H22N2O/c1-15-7-8-18(16(2)13-15)22(25)24-11-9-17(10-12-24)20-14-23-21-6-4-3-5-19(20)21/h3-9,13-14,23H,10-12H2,1-2H3. The molecule has 3 nitrogen and oxygen atoms in total. The maximum atomic E-state index is 12.8. The highest BCUT2D eigenvalue weighted by Crippen LogP contribution is 2.29. The minimum Gasteiger partial charge on any atom is -0.361 e. The van der Waals surface area contributed by atoms with Gasteiger partial charge in [-0.15, -0.1) is 0 Å². The second kappa shape index (κ2) is 6.25. The van der Waals surface area contributed by atoms with Crippen LogP contribution < -0.4 is 0 Å². The van der Waals surface area contributed by atoms with Gasteiger partial charge in [0.1, 0.15) is 0 Å². The molecule has 0 radical (unpaired) electrons. The van der Waals surface area contributed by atoms with Gasteiger partial charge in [-0.2, -0.15) is 0 Å². The van der Waals surface area contributed by atoms with Crippen LogP contribution in [0.3, 0.4) is 0 Å². The lowest BCUT2D eigenvalue weighted by Crippen LogP contribution is -2.35. The molecule has 3 aromatic rings. The topological polar surface area (TPSA) is 36.1 Å². The summed E-state index contributed by atoms with van der Waals surface area (Å²) in [5, 5.41) is 1.25. The number of nitrogens with zero attached hydrogens (tertiary/aromatic N) is 1. The van der Waals surface area contributed by atoms with E-state index in [1.165, 1.54) is 22.1 Å². The summed E-state index contributed by atoms with van der Waals surface area (Å²) < 4.78 is 0. The summed E-state index contributed by atoms with van der Waals surface area (Å²) in [6.07, 6.45) is 5.16. The molecule has 0 aliphatic carbocycles. The Labute approximate surface area is 148 Å². The number of fused-ring (bicyclic) bond motifs is 1. The number of carbonyl (C=O) groups is 1. The molecule has 0 fully saturated rings. The van der Waals surface area contributed by atoms with Crippen LogP contribution in [0.1, 0.15) is 33.5 Å². The van der Waals surface area contributed by atoms with Gasteiger partial charge in [0.15, 0.2) is 0 Å². The average Bonchev–Trinajstić information content (AvgIpc) is 3.05. The second-order valence-corrected chi connectivity index (χ2v) is 6.80. The summed E-state index contributed by atoms with van der Waals surface area (Å²) in [7, 11) is 0. The molecule has 0 saturated heterocycles. The van der Waals surface area contributed by atoms with Crippen LogP contribution in [0.4, 0.5) is 0 Å². The van der Waals surface area contributed by atoms with Crippen LogP contribution in [0.25, 0.3) is 16.5 Å². The van der Waals surface area contributed by atoms with Crippen LogP contribution in [0.15, 0.2) is 54.7 Å². The first-order valence-corrected chi connectivity index (χ1v) is 8.75. The number of hydrogen-bond donors (Lipinski definition) is 1. The minimum absolute atomic E-state index is 0.131. The fourth-order valence-corrected chi connectivity index (χ4v) is 3.66. The van der Waals surface area contributed by atoms with Crippen molar-refractivity contribution in [2.24, 2.45) is 0 Å². The Morgan fingerprint density at radius 3 is 2.72 bits per heavy atom. The Morgan fingerprint density at radius 1 is 1.12 bits per heavy atom. The first kappa shape index (κ1) is 15.7. The smallest absolute Gasteiger partial charge is 0.254 e. The molecule has 2 heterocycles. The number of nitrogens with one attached hydrogen (secondary N) is 1. The zero-order valence-corrected chi connectivity index (χ0v) is 14.7. The van der Waals surface area contributed by atoms with Crippen LogP contribution >= 0.6 is 0 Å². The number of carbonyl (C=O) groups excluding carboxylic acids is 1. The number of aromatic nitrogens is 1. The maximum Gasteiger partial charge on any atom is 0.254 e. The minimum atomic E-state index is 0.131. The molecule has 1 aromatic heterocycles. The lowest BCUT2D eigenvalue weighted by atomic mass is 9.98. The number of para-hydroxylation sites is 1. The lowest BCUT2D eigenvalue weighted by molar-refractivity contribution is 0.0772. The molecule has 0 unspecified atom stereocenters. The average molecular weight is 330 g/mol. The van der Waals surface area contributed by atoms with E-state index in [0.717, 1.165) is 29.6 Å². The molecular weight excluding hydrogens is 308 g/mol. The second-order valence-electron chi connectivity index (χ2n) is 6.80. The summed E-state index contributed by atoms with van der Waals surface area (Å²) in [4.78, 5) is 18.1. The molecule has 0 bridgehead atoms. The predicted molar refractivity (Wildman–Crippen MR) is 103 cm³/mol. The van der Waals surface area contributed by atoms with E-state index < -0.39 is 0 Å². The van der Waals surface area contributed by atoms with Gasteiger partial charge in [-0.25, -0.2) is 0 Å². The highest BCUT2D eigenvalue weighted by Gasteiger charge is 2.21. The molecule has 0 saturated carbocycles. The highest BCUT2D eigenvalue weighted by molar-refractivity contribution is 5.97. The van der Waals surface area contributed by atoms with Gasteiger partial charge < -0.3 is 9.88 Å². The molecule has 1 aliphatic heterocycles. The van der Waals surface area contributed by atoms with Gasteiger partial charge in [0.2, 0.25) is 0 Å². The van der Waals surface area contributed by atoms with Crippen molar-refractivity contribution in [1.82, 2.24) is 9.88 Å². The van der Waals surface area contributed by atoms with Gasteiger partial charge in [0, 0.05) is 41.3 Å². The Balaban J connectivity index is 1.56. The highest BCUT2D eigenvalue weighted by atomic mass is 16.2. The van der Waals surface area contributed by atoms with Crippen molar-refractivity contribution in [2.75, 3.05) is 13.1 Å². The molecular formula is C22H22N2O. The third kappa shape index (κ3) is 2.86. The van der Waals surface area contributed by atoms with Gasteiger partial charge in [-0.1, -0.05) is 42.0 Å². The van der Waals surface area contributed by atoms with E-state index in [4.69, 9.17) is 0 Å². The molecule has 3 heteroatoms. The Kier molecular flexibility index (Phi) is 3.92. The van der Waals surface area contributed by atoms with Crippen LogP contribution in [0.5, 0.6) is 0 Å². The van der Waals surface area contributed by atoms with E-state index in [2.05, 4.69) is 48.4 Å². The van der Waals surface area contributed by atoms with Crippen LogP contribution in [-0.2, 0) is 0 Å². The lowest BCUT2D eigenvalue weighted by Gasteiger charge is -2.27. The van der Waals surface area contributed by atoms with Crippen LogP contribution in [0, 0.1) is 13.8 Å². The Hall–Kier alpha value is -2.81. The number of aryl methyl sites for hydroxylation is 2. The number of amides is 1. The van der Waals surface area contributed by atoms with Crippen molar-refractivity contribution in [3.8, 4) is 0 Å². The Morgan fingerprint density at radius 2 is 1.96 bits per heavy atom. The summed E-state index contributed by atoms with van der Waals surface area (Å²) in [6, 6.07) is 14.4. The first-order chi connectivity index (χ1) is 12.1. The molecule has 1 aliphatic rings. The van der Waals surface area contributed by atoms with Gasteiger partial charge in [-0.05, 0) is 43.5 Å². The summed E-state index contributed by atoms with van der Waals surface area (Å²) in [6.45, 7) is 5.49. The van der Waals surface area contributed by atoms with Crippen LogP contribution in [0.2, 0.25) is 0 Å². The van der Waals surface area contributed by atoms with E-state index in [0.29, 0.717) is 6.54 Å². The predicted octanol–water partition coefficient (Wildman–Crippen LogP) is 4.71. The largest absolute Gasteiger partial charge is 0.361 e. The van der Waals surface area contributed by atoms with E-state index in [1.54, 1.807) is 0 Å². The van der Waals surface area contributed by atoms with Crippen molar-refractivity contribution in [2.45, 2.75) is 20.3 Å². The quantitative estimate of drug-likeness (QED) is 0.725. The van der Waals surface area contributed by atoms with E-state index in [-0.39, 0.29) is 5.91 Å². The summed E-state index contributed by atoms with van der Waals surface area (Å²) >= 11 is 0. The molecule has 4 rings (SSSR count). The molecule has 0 spiro atoms. The Bertz CT molecular complexity index is 981. The molecule has 1 N–H and O–H groups in total. The van der Waals surface area contributed by atoms with Gasteiger partial charge in [0.05, 0.1) is 0 Å². The zero-order chi connectivity index (χ0) is 17.4. The van der Waals surface area contributed by atoms with Gasteiger partial charge >= 0.3 is 0 Å². The summed E-state index contributed by atoms with van der Waals surface area (Å²) in [5.74, 6) is 0.131. The number of benzene rings is 2. The van der Waals surface area contributed by atoms with Crippen molar-refractivity contribution in [3.05, 3.63) is 77.0 Å². The van der Waals surface area contributed by atoms with Crippen molar-refractivity contribution >= 4 is 22.4 Å². The third-order valence-electron chi connectivity index (χ3n) is 5.04. The number of aromatic amines is 1. The van der Waals surface area contributed by atoms with Crippen LogP contribution in [-0.4, -0.2) is 28.9 Å². The molecule has 0 atom stereocenters.